The first kappa shape index (κ1) is 11.2. The fraction of sp³-hybridized carbons (Fsp3) is 0.188. The highest BCUT2D eigenvalue weighted by molar-refractivity contribution is 6.13. The lowest BCUT2D eigenvalue weighted by molar-refractivity contribution is 0.101. The minimum atomic E-state index is -0.700. The number of rotatable bonds is 0. The summed E-state index contributed by atoms with van der Waals surface area (Å²) >= 11 is 0. The molecule has 3 rings (SSSR count). The van der Waals surface area contributed by atoms with Gasteiger partial charge in [-0.05, 0) is 36.1 Å². The summed E-state index contributed by atoms with van der Waals surface area (Å²) < 4.78 is 0. The van der Waals surface area contributed by atoms with Crippen LogP contribution in [0.15, 0.2) is 36.4 Å². The van der Waals surface area contributed by atoms with E-state index in [1.807, 2.05) is 44.2 Å². The predicted molar refractivity (Wildman–Crippen MR) is 69.9 cm³/mol. The van der Waals surface area contributed by atoms with Gasteiger partial charge in [-0.2, -0.15) is 0 Å². The Morgan fingerprint density at radius 3 is 2.44 bits per heavy atom. The number of fused-ring (bicyclic) bond motifs is 2. The van der Waals surface area contributed by atoms with Crippen LogP contribution in [0.2, 0.25) is 0 Å². The van der Waals surface area contributed by atoms with Gasteiger partial charge in [0.05, 0.1) is 0 Å². The van der Waals surface area contributed by atoms with Gasteiger partial charge in [0.2, 0.25) is 0 Å². The molecule has 2 heteroatoms. The minimum absolute atomic E-state index is 0.0205. The largest absolute Gasteiger partial charge is 0.384 e. The number of aliphatic hydroxyl groups excluding tert-OH is 1. The molecule has 0 spiro atoms. The van der Waals surface area contributed by atoms with Crippen molar-refractivity contribution in [2.24, 2.45) is 0 Å². The Hall–Kier alpha value is -1.93. The van der Waals surface area contributed by atoms with Gasteiger partial charge in [-0.1, -0.05) is 36.4 Å². The molecule has 2 nitrogen and oxygen atoms in total. The summed E-state index contributed by atoms with van der Waals surface area (Å²) in [6.45, 7) is 3.83. The Kier molecular flexibility index (Phi) is 2.35. The summed E-state index contributed by atoms with van der Waals surface area (Å²) in [6, 6.07) is 11.2. The predicted octanol–water partition coefficient (Wildman–Crippen LogP) is 2.93. The third-order valence-electron chi connectivity index (χ3n) is 3.67. The highest BCUT2D eigenvalue weighted by atomic mass is 16.3. The van der Waals surface area contributed by atoms with Crippen LogP contribution in [0.4, 0.5) is 0 Å². The maximum Gasteiger partial charge on any atom is 0.194 e. The molecule has 2 aromatic rings. The summed E-state index contributed by atoms with van der Waals surface area (Å²) in [4.78, 5) is 12.5. The van der Waals surface area contributed by atoms with E-state index in [2.05, 4.69) is 0 Å². The van der Waals surface area contributed by atoms with Crippen molar-refractivity contribution in [1.29, 1.82) is 0 Å². The van der Waals surface area contributed by atoms with Gasteiger partial charge in [-0.15, -0.1) is 0 Å². The van der Waals surface area contributed by atoms with Crippen molar-refractivity contribution in [3.05, 3.63) is 69.8 Å². The number of hydrogen-bond acceptors (Lipinski definition) is 2. The first-order chi connectivity index (χ1) is 8.61. The van der Waals surface area contributed by atoms with Crippen LogP contribution in [0.5, 0.6) is 0 Å². The van der Waals surface area contributed by atoms with Crippen LogP contribution in [0.3, 0.4) is 0 Å². The Labute approximate surface area is 106 Å². The number of benzene rings is 2. The zero-order chi connectivity index (χ0) is 12.9. The summed E-state index contributed by atoms with van der Waals surface area (Å²) in [5.41, 5.74) is 4.64. The van der Waals surface area contributed by atoms with Gasteiger partial charge in [0.25, 0.3) is 0 Å². The van der Waals surface area contributed by atoms with Gasteiger partial charge in [0, 0.05) is 11.1 Å². The SMILES string of the molecule is Cc1cccc2c1C(=O)c1cccc(C)c1C2O. The third-order valence-corrected chi connectivity index (χ3v) is 3.67. The normalized spacial score (nSPS) is 17.3. The smallest absolute Gasteiger partial charge is 0.194 e. The quantitative estimate of drug-likeness (QED) is 0.766. The van der Waals surface area contributed by atoms with Crippen LogP contribution in [0.25, 0.3) is 0 Å². The number of carbonyl (C=O) groups excluding carboxylic acids is 1. The van der Waals surface area contributed by atoms with Crippen LogP contribution >= 0.6 is 0 Å². The molecule has 0 heterocycles. The van der Waals surface area contributed by atoms with E-state index < -0.39 is 6.10 Å². The van der Waals surface area contributed by atoms with Gasteiger partial charge in [-0.25, -0.2) is 0 Å². The molecule has 18 heavy (non-hydrogen) atoms. The second kappa shape index (κ2) is 3.79. The van der Waals surface area contributed by atoms with Crippen LogP contribution in [-0.2, 0) is 0 Å². The third kappa shape index (κ3) is 1.36. The molecule has 2 aromatic carbocycles. The monoisotopic (exact) mass is 238 g/mol. The van der Waals surface area contributed by atoms with Crippen molar-refractivity contribution in [3.8, 4) is 0 Å². The highest BCUT2D eigenvalue weighted by Gasteiger charge is 2.31. The summed E-state index contributed by atoms with van der Waals surface area (Å²) in [5.74, 6) is 0.0205. The summed E-state index contributed by atoms with van der Waals surface area (Å²) in [6.07, 6.45) is -0.700. The van der Waals surface area contributed by atoms with Crippen molar-refractivity contribution in [2.45, 2.75) is 20.0 Å². The van der Waals surface area contributed by atoms with Crippen LogP contribution in [-0.4, -0.2) is 10.9 Å². The Balaban J connectivity index is 2.36. The number of hydrogen-bond donors (Lipinski definition) is 1. The summed E-state index contributed by atoms with van der Waals surface area (Å²) in [7, 11) is 0. The molecule has 0 radical (unpaired) electrons. The van der Waals surface area contributed by atoms with Crippen LogP contribution < -0.4 is 0 Å². The Morgan fingerprint density at radius 2 is 1.67 bits per heavy atom. The number of ketones is 1. The molecular formula is C16H14O2. The van der Waals surface area contributed by atoms with Crippen molar-refractivity contribution >= 4 is 5.78 Å². The molecule has 1 aliphatic carbocycles. The van der Waals surface area contributed by atoms with Gasteiger partial charge in [0.1, 0.15) is 6.10 Å². The zero-order valence-electron chi connectivity index (χ0n) is 10.4. The molecule has 0 aromatic heterocycles. The lowest BCUT2D eigenvalue weighted by Gasteiger charge is -2.26. The molecule has 90 valence electrons. The van der Waals surface area contributed by atoms with E-state index >= 15 is 0 Å². The van der Waals surface area contributed by atoms with Gasteiger partial charge < -0.3 is 5.11 Å². The average Bonchev–Trinajstić information content (AvgIpc) is 2.35. The molecule has 1 N–H and O–H groups in total. The topological polar surface area (TPSA) is 37.3 Å². The molecule has 0 fully saturated rings. The second-order valence-corrected chi connectivity index (χ2v) is 4.81. The van der Waals surface area contributed by atoms with Gasteiger partial charge >= 0.3 is 0 Å². The first-order valence-corrected chi connectivity index (χ1v) is 6.03. The molecule has 1 aliphatic rings. The van der Waals surface area contributed by atoms with E-state index in [9.17, 15) is 9.90 Å². The van der Waals surface area contributed by atoms with Crippen molar-refractivity contribution in [2.75, 3.05) is 0 Å². The molecule has 1 unspecified atom stereocenters. The maximum atomic E-state index is 12.5. The number of aliphatic hydroxyl groups is 1. The molecule has 1 atom stereocenters. The first-order valence-electron chi connectivity index (χ1n) is 6.03. The Morgan fingerprint density at radius 1 is 1.00 bits per heavy atom. The van der Waals surface area contributed by atoms with E-state index in [-0.39, 0.29) is 5.78 Å². The fourth-order valence-corrected chi connectivity index (χ4v) is 2.76. The van der Waals surface area contributed by atoms with E-state index in [1.165, 1.54) is 0 Å². The molecule has 0 aliphatic heterocycles. The van der Waals surface area contributed by atoms with Crippen molar-refractivity contribution < 1.29 is 9.90 Å². The zero-order valence-corrected chi connectivity index (χ0v) is 10.4. The fourth-order valence-electron chi connectivity index (χ4n) is 2.76. The van der Waals surface area contributed by atoms with E-state index in [4.69, 9.17) is 0 Å². The van der Waals surface area contributed by atoms with Crippen LogP contribution in [0, 0.1) is 13.8 Å². The van der Waals surface area contributed by atoms with E-state index in [0.29, 0.717) is 11.1 Å². The molecule has 0 saturated carbocycles. The number of carbonyl (C=O) groups is 1. The standard InChI is InChI=1S/C16H14O2/c1-9-5-3-7-11-13(9)15(17)12-8-4-6-10(2)14(12)16(11)18/h3-8,15,17H,1-2H3. The van der Waals surface area contributed by atoms with Crippen molar-refractivity contribution in [1.82, 2.24) is 0 Å². The lowest BCUT2D eigenvalue weighted by Crippen LogP contribution is -2.21. The minimum Gasteiger partial charge on any atom is -0.384 e. The highest BCUT2D eigenvalue weighted by Crippen LogP contribution is 2.37. The van der Waals surface area contributed by atoms with Gasteiger partial charge in [-0.3, -0.25) is 4.79 Å². The van der Waals surface area contributed by atoms with Crippen molar-refractivity contribution in [3.63, 3.8) is 0 Å². The molecule has 0 saturated heterocycles. The van der Waals surface area contributed by atoms with E-state index in [1.54, 1.807) is 6.07 Å². The average molecular weight is 238 g/mol. The van der Waals surface area contributed by atoms with Crippen LogP contribution in [0.1, 0.15) is 44.3 Å². The second-order valence-electron chi connectivity index (χ2n) is 4.81. The summed E-state index contributed by atoms with van der Waals surface area (Å²) in [5, 5.41) is 10.5. The van der Waals surface area contributed by atoms with E-state index in [0.717, 1.165) is 22.3 Å². The molecular weight excluding hydrogens is 224 g/mol. The Bertz CT molecular complexity index is 656. The molecule has 0 amide bonds. The number of aryl methyl sites for hydroxylation is 2. The lowest BCUT2D eigenvalue weighted by atomic mass is 9.79. The van der Waals surface area contributed by atoms with Gasteiger partial charge in [0.15, 0.2) is 5.78 Å². The maximum absolute atomic E-state index is 12.5. The molecule has 0 bridgehead atoms.